The van der Waals surface area contributed by atoms with Gasteiger partial charge in [-0.2, -0.15) is 0 Å². The SMILES string of the molecule is CCOc1cccc(N2C(=O)C(=Cc3ccc(-c4ccc([N+](=O)[O-])cc4OC)o3)C(=O)NC2=S)c1. The summed E-state index contributed by atoms with van der Waals surface area (Å²) in [5.41, 5.74) is 0.593. The minimum atomic E-state index is -0.664. The average Bonchev–Trinajstić information content (AvgIpc) is 3.30. The van der Waals surface area contributed by atoms with Gasteiger partial charge in [0.1, 0.15) is 28.6 Å². The number of carbonyl (C=O) groups excluding carboxylic acids is 2. The van der Waals surface area contributed by atoms with Gasteiger partial charge in [0, 0.05) is 12.1 Å². The minimum absolute atomic E-state index is 0.0541. The van der Waals surface area contributed by atoms with Crippen molar-refractivity contribution >= 4 is 46.6 Å². The van der Waals surface area contributed by atoms with E-state index in [1.54, 1.807) is 36.4 Å². The highest BCUT2D eigenvalue weighted by Gasteiger charge is 2.35. The Bertz CT molecular complexity index is 1380. The van der Waals surface area contributed by atoms with Crippen LogP contribution in [0.25, 0.3) is 17.4 Å². The zero-order valence-electron chi connectivity index (χ0n) is 18.6. The summed E-state index contributed by atoms with van der Waals surface area (Å²) in [5.74, 6) is 0.0563. The molecule has 2 heterocycles. The van der Waals surface area contributed by atoms with Crippen molar-refractivity contribution in [2.75, 3.05) is 18.6 Å². The van der Waals surface area contributed by atoms with Gasteiger partial charge in [-0.25, -0.2) is 0 Å². The molecule has 0 spiro atoms. The Labute approximate surface area is 204 Å². The maximum atomic E-state index is 13.2. The van der Waals surface area contributed by atoms with Crippen LogP contribution in [0.15, 0.2) is 64.6 Å². The summed E-state index contributed by atoms with van der Waals surface area (Å²) in [6, 6.07) is 14.1. The van der Waals surface area contributed by atoms with E-state index in [2.05, 4.69) is 5.32 Å². The lowest BCUT2D eigenvalue weighted by atomic mass is 10.1. The van der Waals surface area contributed by atoms with E-state index < -0.39 is 16.7 Å². The van der Waals surface area contributed by atoms with Crippen molar-refractivity contribution in [2.45, 2.75) is 6.92 Å². The Balaban J connectivity index is 1.67. The zero-order chi connectivity index (χ0) is 25.1. The highest BCUT2D eigenvalue weighted by atomic mass is 32.1. The van der Waals surface area contributed by atoms with Crippen LogP contribution in [-0.2, 0) is 9.59 Å². The highest BCUT2D eigenvalue weighted by molar-refractivity contribution is 7.80. The number of benzene rings is 2. The summed E-state index contributed by atoms with van der Waals surface area (Å²) in [5, 5.41) is 13.5. The van der Waals surface area contributed by atoms with Crippen LogP contribution in [0.3, 0.4) is 0 Å². The van der Waals surface area contributed by atoms with Gasteiger partial charge in [-0.05, 0) is 55.5 Å². The number of thiocarbonyl (C=S) groups is 1. The molecule has 2 aromatic carbocycles. The number of nitrogens with zero attached hydrogens (tertiary/aromatic N) is 2. The molecule has 1 N–H and O–H groups in total. The Morgan fingerprint density at radius 3 is 2.69 bits per heavy atom. The van der Waals surface area contributed by atoms with Crippen molar-refractivity contribution in [3.63, 3.8) is 0 Å². The van der Waals surface area contributed by atoms with Crippen LogP contribution in [0.4, 0.5) is 11.4 Å². The molecule has 1 saturated heterocycles. The second-order valence-corrected chi connectivity index (χ2v) is 7.62. The molecule has 0 bridgehead atoms. The molecule has 0 aliphatic carbocycles. The molecule has 11 heteroatoms. The van der Waals surface area contributed by atoms with Crippen LogP contribution < -0.4 is 19.7 Å². The van der Waals surface area contributed by atoms with Crippen LogP contribution in [0, 0.1) is 10.1 Å². The second-order valence-electron chi connectivity index (χ2n) is 7.23. The minimum Gasteiger partial charge on any atom is -0.496 e. The van der Waals surface area contributed by atoms with E-state index in [1.807, 2.05) is 6.92 Å². The molecule has 0 saturated carbocycles. The molecule has 0 atom stereocenters. The summed E-state index contributed by atoms with van der Waals surface area (Å²) in [7, 11) is 1.39. The molecule has 35 heavy (non-hydrogen) atoms. The molecule has 1 fully saturated rings. The van der Waals surface area contributed by atoms with Crippen molar-refractivity contribution in [3.8, 4) is 22.8 Å². The fourth-order valence-electron chi connectivity index (χ4n) is 3.49. The van der Waals surface area contributed by atoms with E-state index in [9.17, 15) is 19.7 Å². The third-order valence-electron chi connectivity index (χ3n) is 5.06. The number of carbonyl (C=O) groups is 2. The molecule has 3 aromatic rings. The first-order chi connectivity index (χ1) is 16.8. The maximum absolute atomic E-state index is 13.2. The van der Waals surface area contributed by atoms with E-state index in [4.69, 9.17) is 26.1 Å². The van der Waals surface area contributed by atoms with Gasteiger partial charge in [-0.3, -0.25) is 29.9 Å². The van der Waals surface area contributed by atoms with Crippen LogP contribution in [0.2, 0.25) is 0 Å². The third kappa shape index (κ3) is 4.75. The summed E-state index contributed by atoms with van der Waals surface area (Å²) >= 11 is 5.23. The monoisotopic (exact) mass is 493 g/mol. The van der Waals surface area contributed by atoms with Gasteiger partial charge in [-0.1, -0.05) is 6.07 Å². The molecule has 178 valence electrons. The second kappa shape index (κ2) is 9.77. The molecule has 1 aliphatic heterocycles. The molecule has 1 aliphatic rings. The number of non-ortho nitro benzene ring substituents is 1. The Kier molecular flexibility index (Phi) is 6.60. The number of nitro groups is 1. The first-order valence-corrected chi connectivity index (χ1v) is 10.8. The van der Waals surface area contributed by atoms with E-state index in [0.717, 1.165) is 0 Å². The van der Waals surface area contributed by atoms with Gasteiger partial charge in [-0.15, -0.1) is 0 Å². The first-order valence-electron chi connectivity index (χ1n) is 10.4. The van der Waals surface area contributed by atoms with Gasteiger partial charge in [0.25, 0.3) is 17.5 Å². The number of ether oxygens (including phenoxy) is 2. The van der Waals surface area contributed by atoms with Gasteiger partial charge in [0.2, 0.25) is 0 Å². The third-order valence-corrected chi connectivity index (χ3v) is 5.35. The predicted octanol–water partition coefficient (Wildman–Crippen LogP) is 4.09. The average molecular weight is 493 g/mol. The number of furan rings is 1. The molecule has 0 radical (unpaired) electrons. The van der Waals surface area contributed by atoms with E-state index in [-0.39, 0.29) is 27.9 Å². The molecule has 0 unspecified atom stereocenters. The predicted molar refractivity (Wildman–Crippen MR) is 131 cm³/mol. The van der Waals surface area contributed by atoms with Crippen LogP contribution >= 0.6 is 12.2 Å². The zero-order valence-corrected chi connectivity index (χ0v) is 19.5. The van der Waals surface area contributed by atoms with Gasteiger partial charge < -0.3 is 13.9 Å². The maximum Gasteiger partial charge on any atom is 0.273 e. The topological polar surface area (TPSA) is 124 Å². The number of rotatable bonds is 7. The lowest BCUT2D eigenvalue weighted by Gasteiger charge is -2.29. The fourth-order valence-corrected chi connectivity index (χ4v) is 3.77. The number of hydrogen-bond acceptors (Lipinski definition) is 8. The Morgan fingerprint density at radius 1 is 1.17 bits per heavy atom. The first kappa shape index (κ1) is 23.6. The highest BCUT2D eigenvalue weighted by Crippen LogP contribution is 2.35. The van der Waals surface area contributed by atoms with E-state index in [1.165, 1.54) is 36.3 Å². The van der Waals surface area contributed by atoms with Crippen molar-refractivity contribution < 1.29 is 28.4 Å². The van der Waals surface area contributed by atoms with Crippen molar-refractivity contribution in [1.82, 2.24) is 5.32 Å². The van der Waals surface area contributed by atoms with Crippen LogP contribution in [-0.4, -0.2) is 35.6 Å². The molecule has 10 nitrogen and oxygen atoms in total. The van der Waals surface area contributed by atoms with Crippen molar-refractivity contribution in [3.05, 3.63) is 76.0 Å². The number of anilines is 1. The summed E-state index contributed by atoms with van der Waals surface area (Å²) in [4.78, 5) is 37.5. The molecular formula is C24H19N3O7S. The Morgan fingerprint density at radius 2 is 1.97 bits per heavy atom. The number of amides is 2. The lowest BCUT2D eigenvalue weighted by Crippen LogP contribution is -2.54. The van der Waals surface area contributed by atoms with Crippen LogP contribution in [0.5, 0.6) is 11.5 Å². The van der Waals surface area contributed by atoms with E-state index >= 15 is 0 Å². The molecule has 2 amide bonds. The standard InChI is InChI=1S/C24H19N3O7S/c1-3-33-16-6-4-5-14(11-16)26-23(29)19(22(28)25-24(26)35)13-17-8-10-20(34-17)18-9-7-15(27(30)31)12-21(18)32-2/h4-13H,3H2,1-2H3,(H,25,28,35). The normalized spacial score (nSPS) is 14.7. The van der Waals surface area contributed by atoms with E-state index in [0.29, 0.717) is 29.4 Å². The fraction of sp³-hybridized carbons (Fsp3) is 0.125. The summed E-state index contributed by atoms with van der Waals surface area (Å²) in [6.45, 7) is 2.29. The lowest BCUT2D eigenvalue weighted by molar-refractivity contribution is -0.384. The number of methoxy groups -OCH3 is 1. The van der Waals surface area contributed by atoms with Crippen LogP contribution in [0.1, 0.15) is 12.7 Å². The largest absolute Gasteiger partial charge is 0.496 e. The van der Waals surface area contributed by atoms with Gasteiger partial charge >= 0.3 is 0 Å². The van der Waals surface area contributed by atoms with Gasteiger partial charge in [0.15, 0.2) is 5.11 Å². The molecular weight excluding hydrogens is 474 g/mol. The Hall–Kier alpha value is -4.51. The molecule has 4 rings (SSSR count). The summed E-state index contributed by atoms with van der Waals surface area (Å²) in [6.07, 6.45) is 1.31. The van der Waals surface area contributed by atoms with Crippen molar-refractivity contribution in [1.29, 1.82) is 0 Å². The number of nitro benzene ring substituents is 1. The molecule has 1 aromatic heterocycles. The smallest absolute Gasteiger partial charge is 0.273 e. The number of hydrogen-bond donors (Lipinski definition) is 1. The van der Waals surface area contributed by atoms with Gasteiger partial charge in [0.05, 0.1) is 36.0 Å². The van der Waals surface area contributed by atoms with Crippen molar-refractivity contribution in [2.24, 2.45) is 0 Å². The summed E-state index contributed by atoms with van der Waals surface area (Å²) < 4.78 is 16.5. The number of nitrogens with one attached hydrogen (secondary N) is 1. The quantitative estimate of drug-likeness (QED) is 0.172.